The zero-order valence-corrected chi connectivity index (χ0v) is 18.7. The minimum Gasteiger partial charge on any atom is -0.496 e. The van der Waals surface area contributed by atoms with E-state index in [-0.39, 0.29) is 17.7 Å². The highest BCUT2D eigenvalue weighted by Gasteiger charge is 2.30. The minimum absolute atomic E-state index is 0.232. The Morgan fingerprint density at radius 3 is 2.59 bits per heavy atom. The molecule has 168 valence electrons. The standard InChI is InChI=1S/C23H26N4O5/c1-23(2,3)16-12-14(27-9-8-19(28)25-22(27)29)11-15(20(16)30-4)21-24-17-7-6-13(26-31-5)10-18(17)32-21/h6-7,10-12,26H,8-9H2,1-5H3,(H,25,28,29). The van der Waals surface area contributed by atoms with E-state index >= 15 is 0 Å². The third-order valence-electron chi connectivity index (χ3n) is 5.29. The lowest BCUT2D eigenvalue weighted by Gasteiger charge is -2.30. The zero-order valence-electron chi connectivity index (χ0n) is 18.7. The Morgan fingerprint density at radius 1 is 1.16 bits per heavy atom. The lowest BCUT2D eigenvalue weighted by atomic mass is 9.84. The van der Waals surface area contributed by atoms with Crippen LogP contribution in [0.15, 0.2) is 34.7 Å². The number of fused-ring (bicyclic) bond motifs is 1. The summed E-state index contributed by atoms with van der Waals surface area (Å²) in [5.74, 6) is 0.708. The van der Waals surface area contributed by atoms with Crippen LogP contribution in [0.3, 0.4) is 0 Å². The number of nitrogens with one attached hydrogen (secondary N) is 2. The maximum Gasteiger partial charge on any atom is 0.328 e. The summed E-state index contributed by atoms with van der Waals surface area (Å²) in [5, 5.41) is 2.37. The third kappa shape index (κ3) is 3.99. The van der Waals surface area contributed by atoms with Gasteiger partial charge in [0.15, 0.2) is 5.58 Å². The maximum atomic E-state index is 12.5. The van der Waals surface area contributed by atoms with Crippen molar-refractivity contribution in [3.63, 3.8) is 0 Å². The molecule has 1 aromatic heterocycles. The number of methoxy groups -OCH3 is 1. The molecule has 0 unspecified atom stereocenters. The molecule has 0 saturated carbocycles. The van der Waals surface area contributed by atoms with E-state index in [0.29, 0.717) is 40.5 Å². The van der Waals surface area contributed by atoms with Crippen molar-refractivity contribution < 1.29 is 23.6 Å². The number of aromatic nitrogens is 1. The number of ether oxygens (including phenoxy) is 1. The lowest BCUT2D eigenvalue weighted by molar-refractivity contribution is -0.120. The van der Waals surface area contributed by atoms with E-state index in [4.69, 9.17) is 14.0 Å². The SMILES string of the molecule is CONc1ccc2nc(-c3cc(N4CCC(=O)NC4=O)cc(C(C)(C)C)c3OC)oc2c1. The molecule has 3 amide bonds. The predicted octanol–water partition coefficient (Wildman–Crippen LogP) is 4.22. The molecule has 2 aromatic carbocycles. The number of rotatable bonds is 5. The number of hydrogen-bond acceptors (Lipinski definition) is 7. The molecule has 9 nitrogen and oxygen atoms in total. The van der Waals surface area contributed by atoms with Crippen molar-refractivity contribution in [3.8, 4) is 17.2 Å². The van der Waals surface area contributed by atoms with Gasteiger partial charge >= 0.3 is 6.03 Å². The number of benzene rings is 2. The van der Waals surface area contributed by atoms with Gasteiger partial charge in [-0.1, -0.05) is 20.8 Å². The third-order valence-corrected chi connectivity index (χ3v) is 5.29. The summed E-state index contributed by atoms with van der Waals surface area (Å²) in [7, 11) is 3.13. The highest BCUT2D eigenvalue weighted by molar-refractivity contribution is 6.06. The summed E-state index contributed by atoms with van der Waals surface area (Å²) in [5.41, 5.74) is 6.61. The van der Waals surface area contributed by atoms with E-state index < -0.39 is 6.03 Å². The molecule has 3 aromatic rings. The van der Waals surface area contributed by atoms with E-state index in [9.17, 15) is 9.59 Å². The van der Waals surface area contributed by atoms with E-state index in [1.54, 1.807) is 18.1 Å². The fourth-order valence-electron chi connectivity index (χ4n) is 3.74. The predicted molar refractivity (Wildman–Crippen MR) is 121 cm³/mol. The fourth-order valence-corrected chi connectivity index (χ4v) is 3.74. The summed E-state index contributed by atoms with van der Waals surface area (Å²) in [6, 6.07) is 8.73. The monoisotopic (exact) mass is 438 g/mol. The summed E-state index contributed by atoms with van der Waals surface area (Å²) in [4.78, 5) is 35.3. The fraction of sp³-hybridized carbons (Fsp3) is 0.348. The zero-order chi connectivity index (χ0) is 23.0. The highest BCUT2D eigenvalue weighted by atomic mass is 16.6. The number of anilines is 2. The van der Waals surface area contributed by atoms with Crippen LogP contribution in [0.2, 0.25) is 0 Å². The Hall–Kier alpha value is -3.59. The number of oxazole rings is 1. The van der Waals surface area contributed by atoms with Gasteiger partial charge in [0, 0.05) is 30.3 Å². The summed E-state index contributed by atoms with van der Waals surface area (Å²) >= 11 is 0. The first kappa shape index (κ1) is 21.6. The van der Waals surface area contributed by atoms with Crippen LogP contribution in [0.5, 0.6) is 5.75 Å². The molecule has 9 heteroatoms. The number of imide groups is 1. The quantitative estimate of drug-likeness (QED) is 0.575. The van der Waals surface area contributed by atoms with Gasteiger partial charge in [0.1, 0.15) is 11.3 Å². The number of carbonyl (C=O) groups excluding carboxylic acids is 2. The summed E-state index contributed by atoms with van der Waals surface area (Å²) in [6.45, 7) is 6.48. The Morgan fingerprint density at radius 2 is 1.94 bits per heavy atom. The highest BCUT2D eigenvalue weighted by Crippen LogP contribution is 2.43. The lowest BCUT2D eigenvalue weighted by Crippen LogP contribution is -2.49. The van der Waals surface area contributed by atoms with Gasteiger partial charge < -0.3 is 9.15 Å². The van der Waals surface area contributed by atoms with Gasteiger partial charge in [-0.25, -0.2) is 9.78 Å². The minimum atomic E-state index is -0.454. The van der Waals surface area contributed by atoms with Crippen LogP contribution in [0.1, 0.15) is 32.8 Å². The molecule has 0 aliphatic carbocycles. The Kier molecular flexibility index (Phi) is 5.52. The van der Waals surface area contributed by atoms with Crippen LogP contribution in [-0.2, 0) is 15.0 Å². The molecule has 32 heavy (non-hydrogen) atoms. The van der Waals surface area contributed by atoms with Crippen molar-refractivity contribution in [1.82, 2.24) is 10.3 Å². The van der Waals surface area contributed by atoms with Gasteiger partial charge in [0.2, 0.25) is 11.8 Å². The Labute approximate surface area is 185 Å². The molecule has 0 bridgehead atoms. The molecule has 4 rings (SSSR count). The van der Waals surface area contributed by atoms with E-state index in [1.807, 2.05) is 24.3 Å². The van der Waals surface area contributed by atoms with Crippen LogP contribution in [0.4, 0.5) is 16.2 Å². The second kappa shape index (κ2) is 8.16. The smallest absolute Gasteiger partial charge is 0.328 e. The van der Waals surface area contributed by atoms with Gasteiger partial charge in [0.25, 0.3) is 0 Å². The van der Waals surface area contributed by atoms with Crippen LogP contribution < -0.4 is 20.4 Å². The van der Waals surface area contributed by atoms with Gasteiger partial charge in [-0.15, -0.1) is 0 Å². The van der Waals surface area contributed by atoms with Crippen LogP contribution in [0, 0.1) is 0 Å². The average molecular weight is 438 g/mol. The number of nitrogens with zero attached hydrogens (tertiary/aromatic N) is 2. The van der Waals surface area contributed by atoms with E-state index in [0.717, 1.165) is 11.3 Å². The van der Waals surface area contributed by atoms with Gasteiger partial charge in [-0.3, -0.25) is 25.3 Å². The van der Waals surface area contributed by atoms with Crippen molar-refractivity contribution in [2.24, 2.45) is 0 Å². The second-order valence-corrected chi connectivity index (χ2v) is 8.59. The van der Waals surface area contributed by atoms with Crippen LogP contribution in [0.25, 0.3) is 22.6 Å². The maximum absolute atomic E-state index is 12.5. The normalized spacial score (nSPS) is 14.6. The van der Waals surface area contributed by atoms with Crippen LogP contribution >= 0.6 is 0 Å². The second-order valence-electron chi connectivity index (χ2n) is 8.59. The van der Waals surface area contributed by atoms with E-state index in [1.165, 1.54) is 7.11 Å². The number of amides is 3. The number of carbonyl (C=O) groups is 2. The molecule has 0 spiro atoms. The molecule has 1 aliphatic rings. The molecule has 1 saturated heterocycles. The van der Waals surface area contributed by atoms with Crippen molar-refractivity contribution in [2.45, 2.75) is 32.6 Å². The van der Waals surface area contributed by atoms with Gasteiger partial charge in [0.05, 0.1) is 25.5 Å². The Bertz CT molecular complexity index is 1200. The average Bonchev–Trinajstić information content (AvgIpc) is 3.15. The van der Waals surface area contributed by atoms with Gasteiger partial charge in [-0.05, 0) is 29.7 Å². The van der Waals surface area contributed by atoms with Crippen molar-refractivity contribution in [2.75, 3.05) is 31.1 Å². The topological polar surface area (TPSA) is 106 Å². The molecule has 0 atom stereocenters. The summed E-state index contributed by atoms with van der Waals surface area (Å²) in [6.07, 6.45) is 0.232. The first-order chi connectivity index (χ1) is 15.2. The molecule has 2 heterocycles. The largest absolute Gasteiger partial charge is 0.496 e. The number of hydrogen-bond donors (Lipinski definition) is 2. The molecule has 1 aliphatic heterocycles. The molecular formula is C23H26N4O5. The number of urea groups is 1. The molecular weight excluding hydrogens is 412 g/mol. The molecule has 1 fully saturated rings. The van der Waals surface area contributed by atoms with Crippen molar-refractivity contribution in [1.29, 1.82) is 0 Å². The first-order valence-corrected chi connectivity index (χ1v) is 10.2. The van der Waals surface area contributed by atoms with Crippen LogP contribution in [-0.4, -0.2) is 37.7 Å². The van der Waals surface area contributed by atoms with E-state index in [2.05, 4.69) is 36.6 Å². The van der Waals surface area contributed by atoms with Gasteiger partial charge in [-0.2, -0.15) is 0 Å². The van der Waals surface area contributed by atoms with Crippen molar-refractivity contribution >= 4 is 34.4 Å². The summed E-state index contributed by atoms with van der Waals surface area (Å²) < 4.78 is 11.9. The molecule has 2 N–H and O–H groups in total. The van der Waals surface area contributed by atoms with Crippen molar-refractivity contribution in [3.05, 3.63) is 35.9 Å². The first-order valence-electron chi connectivity index (χ1n) is 10.2. The molecule has 0 radical (unpaired) electrons. The Balaban J connectivity index is 1.89.